The second-order valence-corrected chi connectivity index (χ2v) is 11.5. The second-order valence-electron chi connectivity index (χ2n) is 7.05. The lowest BCUT2D eigenvalue weighted by Gasteiger charge is -2.35. The Bertz CT molecular complexity index is 704. The van der Waals surface area contributed by atoms with Crippen molar-refractivity contribution in [2.45, 2.75) is 51.4 Å². The lowest BCUT2D eigenvalue weighted by Crippen LogP contribution is -2.39. The minimum atomic E-state index is -2.20. The maximum atomic E-state index is 11.7. The number of ether oxygens (including phenoxy) is 1. The standard InChI is InChI=1S/C16H25N3O3Si/c1-16(2,23(4,5)21)9-6-10-19-14-11-12(15(20)22-3)7-8-13(14)17-18-19/h7-8,11,21H,6,9-10H2,1-5H3. The van der Waals surface area contributed by atoms with E-state index in [1.165, 1.54) is 7.11 Å². The third kappa shape index (κ3) is 3.79. The number of rotatable bonds is 6. The van der Waals surface area contributed by atoms with Crippen molar-refractivity contribution >= 4 is 25.3 Å². The van der Waals surface area contributed by atoms with Crippen molar-refractivity contribution in [2.24, 2.45) is 0 Å². The predicted molar refractivity (Wildman–Crippen MR) is 91.8 cm³/mol. The van der Waals surface area contributed by atoms with Crippen LogP contribution in [0.25, 0.3) is 11.0 Å². The van der Waals surface area contributed by atoms with Gasteiger partial charge in [-0.1, -0.05) is 19.1 Å². The summed E-state index contributed by atoms with van der Waals surface area (Å²) in [5.41, 5.74) is 2.08. The summed E-state index contributed by atoms with van der Waals surface area (Å²) in [7, 11) is -0.830. The van der Waals surface area contributed by atoms with E-state index in [4.69, 9.17) is 4.74 Å². The molecule has 1 N–H and O–H groups in total. The number of carbonyl (C=O) groups excluding carboxylic acids is 1. The van der Waals surface area contributed by atoms with E-state index in [0.29, 0.717) is 12.1 Å². The first-order chi connectivity index (χ1) is 10.7. The van der Waals surface area contributed by atoms with E-state index in [1.54, 1.807) is 18.2 Å². The average Bonchev–Trinajstić information content (AvgIpc) is 2.87. The molecule has 0 aliphatic heterocycles. The van der Waals surface area contributed by atoms with Gasteiger partial charge in [0.05, 0.1) is 18.2 Å². The monoisotopic (exact) mass is 335 g/mol. The van der Waals surface area contributed by atoms with Crippen LogP contribution in [-0.2, 0) is 11.3 Å². The molecule has 0 radical (unpaired) electrons. The first kappa shape index (κ1) is 17.6. The van der Waals surface area contributed by atoms with Gasteiger partial charge in [-0.2, -0.15) is 0 Å². The number of methoxy groups -OCH3 is 1. The second kappa shape index (κ2) is 6.41. The fourth-order valence-electron chi connectivity index (χ4n) is 2.35. The first-order valence-electron chi connectivity index (χ1n) is 7.80. The molecule has 7 heteroatoms. The van der Waals surface area contributed by atoms with Gasteiger partial charge < -0.3 is 9.53 Å². The van der Waals surface area contributed by atoms with Gasteiger partial charge in [0, 0.05) is 6.54 Å². The van der Waals surface area contributed by atoms with Crippen molar-refractivity contribution in [1.29, 1.82) is 0 Å². The zero-order valence-electron chi connectivity index (χ0n) is 14.5. The molecule has 0 spiro atoms. The van der Waals surface area contributed by atoms with Crippen molar-refractivity contribution in [3.05, 3.63) is 23.8 Å². The van der Waals surface area contributed by atoms with E-state index in [9.17, 15) is 9.59 Å². The Morgan fingerprint density at radius 2 is 2.09 bits per heavy atom. The Balaban J connectivity index is 2.13. The number of esters is 1. The summed E-state index contributed by atoms with van der Waals surface area (Å²) in [5.74, 6) is -0.367. The third-order valence-electron chi connectivity index (χ3n) is 4.76. The van der Waals surface area contributed by atoms with Crippen LogP contribution < -0.4 is 0 Å². The largest absolute Gasteiger partial charge is 0.465 e. The fraction of sp³-hybridized carbons (Fsp3) is 0.562. The van der Waals surface area contributed by atoms with E-state index in [2.05, 4.69) is 24.2 Å². The van der Waals surface area contributed by atoms with Gasteiger partial charge in [-0.15, -0.1) is 5.10 Å². The van der Waals surface area contributed by atoms with Gasteiger partial charge in [0.2, 0.25) is 0 Å². The van der Waals surface area contributed by atoms with Crippen LogP contribution >= 0.6 is 0 Å². The van der Waals surface area contributed by atoms with E-state index in [0.717, 1.165) is 23.9 Å². The van der Waals surface area contributed by atoms with Gasteiger partial charge in [0.15, 0.2) is 8.32 Å². The normalized spacial score (nSPS) is 12.6. The Labute approximate surface area is 137 Å². The zero-order valence-corrected chi connectivity index (χ0v) is 15.5. The van der Waals surface area contributed by atoms with E-state index >= 15 is 0 Å². The van der Waals surface area contributed by atoms with E-state index < -0.39 is 8.32 Å². The van der Waals surface area contributed by atoms with Crippen LogP contribution in [0.5, 0.6) is 0 Å². The van der Waals surface area contributed by atoms with Crippen LogP contribution in [0.2, 0.25) is 18.1 Å². The summed E-state index contributed by atoms with van der Waals surface area (Å²) in [5, 5.41) is 8.24. The van der Waals surface area contributed by atoms with Crippen LogP contribution in [0.3, 0.4) is 0 Å². The number of benzene rings is 1. The van der Waals surface area contributed by atoms with Crippen molar-refractivity contribution in [3.63, 3.8) is 0 Å². The molecule has 126 valence electrons. The molecule has 0 saturated carbocycles. The van der Waals surface area contributed by atoms with Crippen LogP contribution in [0, 0.1) is 0 Å². The highest BCUT2D eigenvalue weighted by Crippen LogP contribution is 2.39. The lowest BCUT2D eigenvalue weighted by atomic mass is 10.1. The van der Waals surface area contributed by atoms with Gasteiger partial charge in [0.25, 0.3) is 0 Å². The highest BCUT2D eigenvalue weighted by atomic mass is 28.4. The van der Waals surface area contributed by atoms with Gasteiger partial charge in [-0.3, -0.25) is 0 Å². The number of aryl methyl sites for hydroxylation is 1. The molecule has 0 bridgehead atoms. The number of hydrogen-bond acceptors (Lipinski definition) is 5. The minimum absolute atomic E-state index is 0.0550. The molecule has 6 nitrogen and oxygen atoms in total. The molecule has 0 saturated heterocycles. The molecule has 23 heavy (non-hydrogen) atoms. The minimum Gasteiger partial charge on any atom is -0.465 e. The predicted octanol–water partition coefficient (Wildman–Crippen LogP) is 2.98. The summed E-state index contributed by atoms with van der Waals surface area (Å²) in [6.07, 6.45) is 1.81. The molecular weight excluding hydrogens is 310 g/mol. The number of nitrogens with zero attached hydrogens (tertiary/aromatic N) is 3. The average molecular weight is 335 g/mol. The molecule has 1 aromatic carbocycles. The molecule has 2 aromatic rings. The Morgan fingerprint density at radius 1 is 1.39 bits per heavy atom. The molecule has 0 amide bonds. The molecule has 0 atom stereocenters. The molecule has 0 fully saturated rings. The first-order valence-corrected chi connectivity index (χ1v) is 10.7. The van der Waals surface area contributed by atoms with Crippen molar-refractivity contribution in [3.8, 4) is 0 Å². The third-order valence-corrected chi connectivity index (χ3v) is 8.33. The van der Waals surface area contributed by atoms with Crippen molar-refractivity contribution < 1.29 is 14.3 Å². The number of carbonyl (C=O) groups is 1. The highest BCUT2D eigenvalue weighted by molar-refractivity contribution is 6.72. The number of hydrogen-bond donors (Lipinski definition) is 1. The van der Waals surface area contributed by atoms with Crippen LogP contribution in [0.1, 0.15) is 37.0 Å². The highest BCUT2D eigenvalue weighted by Gasteiger charge is 2.37. The van der Waals surface area contributed by atoms with Gasteiger partial charge in [-0.05, 0) is 49.2 Å². The Hall–Kier alpha value is -1.73. The van der Waals surface area contributed by atoms with Crippen LogP contribution in [0.4, 0.5) is 0 Å². The quantitative estimate of drug-likeness (QED) is 0.648. The van der Waals surface area contributed by atoms with Crippen molar-refractivity contribution in [1.82, 2.24) is 15.0 Å². The number of aromatic nitrogens is 3. The molecule has 0 unspecified atom stereocenters. The summed E-state index contributed by atoms with van der Waals surface area (Å²) < 4.78 is 6.56. The zero-order chi connectivity index (χ0) is 17.3. The maximum Gasteiger partial charge on any atom is 0.337 e. The Kier molecular flexibility index (Phi) is 4.91. The van der Waals surface area contributed by atoms with E-state index in [1.807, 2.05) is 17.8 Å². The maximum absolute atomic E-state index is 11.7. The molecule has 1 heterocycles. The SMILES string of the molecule is COC(=O)c1ccc2nnn(CCCC(C)(C)[Si](C)(C)O)c2c1. The molecule has 0 aliphatic rings. The summed E-state index contributed by atoms with van der Waals surface area (Å²) in [4.78, 5) is 22.0. The topological polar surface area (TPSA) is 77.2 Å². The Morgan fingerprint density at radius 3 is 2.70 bits per heavy atom. The summed E-state index contributed by atoms with van der Waals surface area (Å²) >= 11 is 0. The van der Waals surface area contributed by atoms with E-state index in [-0.39, 0.29) is 11.0 Å². The lowest BCUT2D eigenvalue weighted by molar-refractivity contribution is 0.0601. The van der Waals surface area contributed by atoms with Gasteiger partial charge in [-0.25, -0.2) is 9.48 Å². The number of fused-ring (bicyclic) bond motifs is 1. The van der Waals surface area contributed by atoms with Gasteiger partial charge in [0.1, 0.15) is 5.52 Å². The van der Waals surface area contributed by atoms with Crippen LogP contribution in [-0.4, -0.2) is 41.2 Å². The molecular formula is C16H25N3O3Si. The fourth-order valence-corrected chi connectivity index (χ4v) is 3.14. The molecule has 2 rings (SSSR count). The molecule has 1 aromatic heterocycles. The summed E-state index contributed by atoms with van der Waals surface area (Å²) in [6.45, 7) is 8.89. The van der Waals surface area contributed by atoms with Crippen LogP contribution in [0.15, 0.2) is 18.2 Å². The van der Waals surface area contributed by atoms with Gasteiger partial charge >= 0.3 is 5.97 Å². The summed E-state index contributed by atoms with van der Waals surface area (Å²) in [6, 6.07) is 5.23. The molecule has 0 aliphatic carbocycles. The smallest absolute Gasteiger partial charge is 0.337 e. The van der Waals surface area contributed by atoms with Crippen molar-refractivity contribution in [2.75, 3.05) is 7.11 Å².